The number of halogens is 10. The van der Waals surface area contributed by atoms with Gasteiger partial charge in [-0.2, -0.15) is 0 Å². The predicted molar refractivity (Wildman–Crippen MR) is 120 cm³/mol. The van der Waals surface area contributed by atoms with Crippen LogP contribution in [-0.2, 0) is 6.42 Å². The minimum atomic E-state index is -2.68. The van der Waals surface area contributed by atoms with E-state index in [2.05, 4.69) is 49.1 Å². The molecule has 1 unspecified atom stereocenters. The van der Waals surface area contributed by atoms with Gasteiger partial charge in [-0.1, -0.05) is 45.0 Å². The molecule has 0 heterocycles. The van der Waals surface area contributed by atoms with Gasteiger partial charge in [-0.3, -0.25) is 0 Å². The van der Waals surface area contributed by atoms with E-state index < -0.39 is 69.3 Å². The van der Waals surface area contributed by atoms with Crippen molar-refractivity contribution in [1.29, 1.82) is 0 Å². The summed E-state index contributed by atoms with van der Waals surface area (Å²) in [5.74, 6) is -26.6. The maximum Gasteiger partial charge on any atom is 0.200 e. The third kappa shape index (κ3) is 4.48. The summed E-state index contributed by atoms with van der Waals surface area (Å²) in [6.07, 6.45) is 1.11. The Kier molecular flexibility index (Phi) is 7.33. The summed E-state index contributed by atoms with van der Waals surface area (Å²) in [6, 6.07) is 15.7. The predicted octanol–water partition coefficient (Wildman–Crippen LogP) is 7.94. The highest BCUT2D eigenvalue weighted by molar-refractivity contribution is 7.46. The SMILES string of the molecule is CPc1ccc2c(c1)-c1ccccc1C2.Fc1c(F)c(F)c(-c2c(F)c(F)c(F)c(F)c2F)c(F)c1F. The summed E-state index contributed by atoms with van der Waals surface area (Å²) in [5.41, 5.74) is 1.33. The average molecular weight is 546 g/mol. The molecule has 1 aliphatic carbocycles. The fourth-order valence-corrected chi connectivity index (χ4v) is 4.47. The zero-order chi connectivity index (χ0) is 27.2. The summed E-state index contributed by atoms with van der Waals surface area (Å²) in [7, 11) is 0.891. The van der Waals surface area contributed by atoms with Crippen molar-refractivity contribution in [2.45, 2.75) is 6.42 Å². The normalized spacial score (nSPS) is 12.0. The largest absolute Gasteiger partial charge is 0.203 e. The number of fused-ring (bicyclic) bond motifs is 3. The Balaban J connectivity index is 0.000000184. The van der Waals surface area contributed by atoms with Crippen LogP contribution in [0.5, 0.6) is 0 Å². The highest BCUT2D eigenvalue weighted by Crippen LogP contribution is 2.38. The fourth-order valence-electron chi connectivity index (χ4n) is 3.93. The van der Waals surface area contributed by atoms with Crippen LogP contribution in [0.25, 0.3) is 22.3 Å². The number of rotatable bonds is 2. The minimum Gasteiger partial charge on any atom is -0.203 e. The van der Waals surface area contributed by atoms with Crippen molar-refractivity contribution >= 4 is 13.9 Å². The Labute approximate surface area is 205 Å². The van der Waals surface area contributed by atoms with Gasteiger partial charge in [0.05, 0.1) is 11.1 Å². The van der Waals surface area contributed by atoms with E-state index in [1.54, 1.807) is 0 Å². The molecule has 0 N–H and O–H groups in total. The third-order valence-electron chi connectivity index (χ3n) is 5.76. The molecule has 37 heavy (non-hydrogen) atoms. The molecule has 0 saturated carbocycles. The molecule has 192 valence electrons. The topological polar surface area (TPSA) is 0 Å². The molecule has 0 fully saturated rings. The number of benzene rings is 4. The van der Waals surface area contributed by atoms with Crippen LogP contribution in [0.15, 0.2) is 42.5 Å². The zero-order valence-electron chi connectivity index (χ0n) is 18.5. The standard InChI is InChI=1S/C14H13P.C12F10/c1-15-12-7-6-11-8-10-4-2-3-5-13(10)14(11)9-12;13-3-1(4(14)8(18)11(21)7(3)17)2-5(15)9(19)12(22)10(20)6(2)16/h2-7,9,15H,8H2,1H3;. The molecule has 4 aromatic carbocycles. The van der Waals surface area contributed by atoms with E-state index in [1.807, 2.05) is 0 Å². The average Bonchev–Trinajstić information content (AvgIpc) is 3.28. The molecular formula is C26H13F10P. The van der Waals surface area contributed by atoms with E-state index in [0.29, 0.717) is 0 Å². The molecule has 5 rings (SSSR count). The first kappa shape index (κ1) is 26.7. The van der Waals surface area contributed by atoms with Crippen molar-refractivity contribution in [2.24, 2.45) is 0 Å². The van der Waals surface area contributed by atoms with Crippen molar-refractivity contribution in [3.8, 4) is 22.3 Å². The van der Waals surface area contributed by atoms with Gasteiger partial charge in [-0.05, 0) is 46.7 Å². The van der Waals surface area contributed by atoms with Gasteiger partial charge < -0.3 is 0 Å². The first-order chi connectivity index (χ1) is 17.5. The Morgan fingerprint density at radius 3 is 1.35 bits per heavy atom. The van der Waals surface area contributed by atoms with E-state index in [-0.39, 0.29) is 0 Å². The molecular weight excluding hydrogens is 533 g/mol. The monoisotopic (exact) mass is 546 g/mol. The van der Waals surface area contributed by atoms with Crippen molar-refractivity contribution in [1.82, 2.24) is 0 Å². The van der Waals surface area contributed by atoms with Gasteiger partial charge in [0, 0.05) is 0 Å². The first-order valence-electron chi connectivity index (χ1n) is 10.4. The van der Waals surface area contributed by atoms with Gasteiger partial charge >= 0.3 is 0 Å². The first-order valence-corrected chi connectivity index (χ1v) is 11.9. The second kappa shape index (κ2) is 10.2. The van der Waals surface area contributed by atoms with E-state index in [4.69, 9.17) is 0 Å². The van der Waals surface area contributed by atoms with Gasteiger partial charge in [-0.15, -0.1) is 0 Å². The quantitative estimate of drug-likeness (QED) is 0.0913. The number of hydrogen-bond donors (Lipinski definition) is 0. The number of hydrogen-bond acceptors (Lipinski definition) is 0. The Hall–Kier alpha value is -3.39. The molecule has 0 saturated heterocycles. The van der Waals surface area contributed by atoms with E-state index >= 15 is 0 Å². The second-order valence-corrected chi connectivity index (χ2v) is 8.92. The molecule has 0 spiro atoms. The third-order valence-corrected chi connectivity index (χ3v) is 6.64. The lowest BCUT2D eigenvalue weighted by molar-refractivity contribution is 0.370. The summed E-state index contributed by atoms with van der Waals surface area (Å²) < 4.78 is 131. The Morgan fingerprint density at radius 1 is 0.486 bits per heavy atom. The van der Waals surface area contributed by atoms with Crippen LogP contribution < -0.4 is 5.30 Å². The molecule has 1 aliphatic rings. The van der Waals surface area contributed by atoms with E-state index in [9.17, 15) is 43.9 Å². The van der Waals surface area contributed by atoms with Gasteiger partial charge in [-0.25, -0.2) is 43.9 Å². The summed E-state index contributed by atoms with van der Waals surface area (Å²) in [5, 5.41) is 1.46. The molecule has 4 aromatic rings. The molecule has 0 aliphatic heterocycles. The van der Waals surface area contributed by atoms with Gasteiger partial charge in [0.15, 0.2) is 46.5 Å². The molecule has 0 nitrogen and oxygen atoms in total. The van der Waals surface area contributed by atoms with Crippen LogP contribution >= 0.6 is 8.58 Å². The highest BCUT2D eigenvalue weighted by Gasteiger charge is 2.34. The van der Waals surface area contributed by atoms with Crippen LogP contribution in [0.3, 0.4) is 0 Å². The smallest absolute Gasteiger partial charge is 0.200 e. The van der Waals surface area contributed by atoms with Crippen molar-refractivity contribution in [2.75, 3.05) is 6.66 Å². The second-order valence-electron chi connectivity index (χ2n) is 7.85. The van der Waals surface area contributed by atoms with Crippen LogP contribution in [0.1, 0.15) is 11.1 Å². The van der Waals surface area contributed by atoms with Crippen LogP contribution in [0.4, 0.5) is 43.9 Å². The maximum absolute atomic E-state index is 13.4. The van der Waals surface area contributed by atoms with Gasteiger partial charge in [0.25, 0.3) is 0 Å². The van der Waals surface area contributed by atoms with Crippen LogP contribution in [0.2, 0.25) is 0 Å². The molecule has 0 bridgehead atoms. The lowest BCUT2D eigenvalue weighted by Gasteiger charge is -2.11. The summed E-state index contributed by atoms with van der Waals surface area (Å²) >= 11 is 0. The van der Waals surface area contributed by atoms with Crippen molar-refractivity contribution in [3.05, 3.63) is 112 Å². The molecule has 0 radical (unpaired) electrons. The van der Waals surface area contributed by atoms with E-state index in [1.165, 1.54) is 27.6 Å². The molecule has 1 atom stereocenters. The molecule has 0 aromatic heterocycles. The summed E-state index contributed by atoms with van der Waals surface area (Å²) in [6.45, 7) is 2.24. The lowest BCUT2D eigenvalue weighted by atomic mass is 10.0. The van der Waals surface area contributed by atoms with Crippen LogP contribution in [0, 0.1) is 58.2 Å². The molecule has 0 amide bonds. The van der Waals surface area contributed by atoms with E-state index in [0.717, 1.165) is 15.0 Å². The summed E-state index contributed by atoms with van der Waals surface area (Å²) in [4.78, 5) is 0. The van der Waals surface area contributed by atoms with Crippen molar-refractivity contribution < 1.29 is 43.9 Å². The Bertz CT molecular complexity index is 1420. The maximum atomic E-state index is 13.4. The minimum absolute atomic E-state index is 0.891. The zero-order valence-corrected chi connectivity index (χ0v) is 19.5. The van der Waals surface area contributed by atoms with Crippen LogP contribution in [-0.4, -0.2) is 6.66 Å². The van der Waals surface area contributed by atoms with Gasteiger partial charge in [0.1, 0.15) is 0 Å². The fraction of sp³-hybridized carbons (Fsp3) is 0.0769. The van der Waals surface area contributed by atoms with Gasteiger partial charge in [0.2, 0.25) is 11.6 Å². The Morgan fingerprint density at radius 2 is 0.892 bits per heavy atom. The van der Waals surface area contributed by atoms with Crippen molar-refractivity contribution in [3.63, 3.8) is 0 Å². The lowest BCUT2D eigenvalue weighted by Crippen LogP contribution is -2.10. The molecule has 11 heteroatoms. The highest BCUT2D eigenvalue weighted by atomic mass is 31.1.